The maximum absolute atomic E-state index is 5.59. The lowest BCUT2D eigenvalue weighted by Crippen LogP contribution is -2.10. The summed E-state index contributed by atoms with van der Waals surface area (Å²) in [6.45, 7) is 0.909. The van der Waals surface area contributed by atoms with Gasteiger partial charge in [0.15, 0.2) is 0 Å². The molecule has 0 aliphatic rings. The smallest absolute Gasteiger partial charge is 0.145 e. The zero-order chi connectivity index (χ0) is 12.4. The number of hydrogen-bond donors (Lipinski definition) is 2. The molecule has 17 heavy (non-hydrogen) atoms. The molecular weight excluding hydrogens is 280 g/mol. The first kappa shape index (κ1) is 12.1. The number of aromatic amines is 1. The standard InChI is InChI=1S/C12H15BrN4/c1-17(2)7-9-4-3-8(5-10(9)13)11-6-12(14)16-15-11/h3-6H,7H2,1-2H3,(H3,14,15,16). The normalized spacial score (nSPS) is 11.1. The maximum atomic E-state index is 5.59. The number of nitrogens with one attached hydrogen (secondary N) is 1. The number of anilines is 1. The van der Waals surface area contributed by atoms with Crippen molar-refractivity contribution in [1.82, 2.24) is 15.1 Å². The van der Waals surface area contributed by atoms with E-state index in [1.807, 2.05) is 6.07 Å². The Morgan fingerprint density at radius 2 is 2.12 bits per heavy atom. The predicted octanol–water partition coefficient (Wildman–Crippen LogP) is 2.48. The third kappa shape index (κ3) is 2.87. The molecule has 0 aliphatic carbocycles. The number of rotatable bonds is 3. The van der Waals surface area contributed by atoms with E-state index in [2.05, 4.69) is 63.3 Å². The number of nitrogens with zero attached hydrogens (tertiary/aromatic N) is 2. The molecule has 0 atom stereocenters. The van der Waals surface area contributed by atoms with E-state index in [1.54, 1.807) is 0 Å². The molecule has 0 aliphatic heterocycles. The average Bonchev–Trinajstić information content (AvgIpc) is 2.67. The van der Waals surface area contributed by atoms with Crippen molar-refractivity contribution >= 4 is 21.7 Å². The van der Waals surface area contributed by atoms with Crippen LogP contribution >= 0.6 is 15.9 Å². The molecule has 1 aromatic heterocycles. The molecule has 0 amide bonds. The van der Waals surface area contributed by atoms with Crippen molar-refractivity contribution < 1.29 is 0 Å². The molecule has 0 fully saturated rings. The Kier molecular flexibility index (Phi) is 3.49. The van der Waals surface area contributed by atoms with E-state index in [1.165, 1.54) is 5.56 Å². The number of aromatic nitrogens is 2. The van der Waals surface area contributed by atoms with Crippen LogP contribution < -0.4 is 5.73 Å². The van der Waals surface area contributed by atoms with E-state index >= 15 is 0 Å². The van der Waals surface area contributed by atoms with Gasteiger partial charge in [0.05, 0.1) is 5.69 Å². The van der Waals surface area contributed by atoms with Gasteiger partial charge in [-0.25, -0.2) is 0 Å². The summed E-state index contributed by atoms with van der Waals surface area (Å²) < 4.78 is 1.09. The zero-order valence-corrected chi connectivity index (χ0v) is 11.5. The highest BCUT2D eigenvalue weighted by molar-refractivity contribution is 9.10. The summed E-state index contributed by atoms with van der Waals surface area (Å²) in [4.78, 5) is 2.13. The quantitative estimate of drug-likeness (QED) is 0.914. The van der Waals surface area contributed by atoms with Gasteiger partial charge in [-0.2, -0.15) is 5.10 Å². The summed E-state index contributed by atoms with van der Waals surface area (Å²) >= 11 is 3.59. The minimum atomic E-state index is 0.508. The molecule has 0 spiro atoms. The van der Waals surface area contributed by atoms with Gasteiger partial charge in [-0.3, -0.25) is 5.10 Å². The van der Waals surface area contributed by atoms with Crippen LogP contribution in [0.4, 0.5) is 5.82 Å². The Balaban J connectivity index is 2.30. The highest BCUT2D eigenvalue weighted by Gasteiger charge is 2.06. The summed E-state index contributed by atoms with van der Waals surface area (Å²) in [5.74, 6) is 0.508. The van der Waals surface area contributed by atoms with Gasteiger partial charge < -0.3 is 10.6 Å². The lowest BCUT2D eigenvalue weighted by atomic mass is 10.1. The van der Waals surface area contributed by atoms with Crippen LogP contribution in [0.25, 0.3) is 11.3 Å². The Morgan fingerprint density at radius 3 is 2.65 bits per heavy atom. The minimum absolute atomic E-state index is 0.508. The fourth-order valence-electron chi connectivity index (χ4n) is 1.67. The van der Waals surface area contributed by atoms with E-state index in [4.69, 9.17) is 5.73 Å². The molecule has 90 valence electrons. The number of benzene rings is 1. The third-order valence-electron chi connectivity index (χ3n) is 2.45. The first-order valence-corrected chi connectivity index (χ1v) is 6.10. The van der Waals surface area contributed by atoms with Crippen molar-refractivity contribution in [3.05, 3.63) is 34.3 Å². The van der Waals surface area contributed by atoms with Crippen LogP contribution in [0.5, 0.6) is 0 Å². The van der Waals surface area contributed by atoms with Crippen LogP contribution in [-0.4, -0.2) is 29.2 Å². The molecule has 2 aromatic rings. The topological polar surface area (TPSA) is 57.9 Å². The Hall–Kier alpha value is -1.33. The van der Waals surface area contributed by atoms with Gasteiger partial charge in [-0.05, 0) is 25.7 Å². The van der Waals surface area contributed by atoms with Crippen LogP contribution in [-0.2, 0) is 6.54 Å². The molecule has 4 nitrogen and oxygen atoms in total. The van der Waals surface area contributed by atoms with E-state index in [0.717, 1.165) is 22.3 Å². The molecule has 3 N–H and O–H groups in total. The van der Waals surface area contributed by atoms with Crippen molar-refractivity contribution in [1.29, 1.82) is 0 Å². The molecule has 0 bridgehead atoms. The lowest BCUT2D eigenvalue weighted by Gasteiger charge is -2.12. The largest absolute Gasteiger partial charge is 0.382 e. The number of nitrogens with two attached hydrogens (primary N) is 1. The number of nitrogen functional groups attached to an aromatic ring is 1. The van der Waals surface area contributed by atoms with E-state index in [0.29, 0.717) is 5.82 Å². The Morgan fingerprint density at radius 1 is 1.35 bits per heavy atom. The molecule has 5 heteroatoms. The molecule has 1 aromatic carbocycles. The highest BCUT2D eigenvalue weighted by atomic mass is 79.9. The second-order valence-electron chi connectivity index (χ2n) is 4.25. The van der Waals surface area contributed by atoms with Gasteiger partial charge in [0.1, 0.15) is 5.82 Å². The third-order valence-corrected chi connectivity index (χ3v) is 3.19. The van der Waals surface area contributed by atoms with E-state index in [9.17, 15) is 0 Å². The second kappa shape index (κ2) is 4.89. The fraction of sp³-hybridized carbons (Fsp3) is 0.250. The van der Waals surface area contributed by atoms with Crippen LogP contribution in [0.15, 0.2) is 28.7 Å². The molecular formula is C12H15BrN4. The maximum Gasteiger partial charge on any atom is 0.145 e. The van der Waals surface area contributed by atoms with Gasteiger partial charge in [0.25, 0.3) is 0 Å². The van der Waals surface area contributed by atoms with Gasteiger partial charge in [-0.15, -0.1) is 0 Å². The first-order valence-electron chi connectivity index (χ1n) is 5.30. The van der Waals surface area contributed by atoms with E-state index < -0.39 is 0 Å². The molecule has 1 heterocycles. The van der Waals surface area contributed by atoms with Gasteiger partial charge >= 0.3 is 0 Å². The minimum Gasteiger partial charge on any atom is -0.382 e. The molecule has 0 unspecified atom stereocenters. The van der Waals surface area contributed by atoms with Gasteiger partial charge in [-0.1, -0.05) is 28.1 Å². The van der Waals surface area contributed by atoms with Crippen molar-refractivity contribution in [2.75, 3.05) is 19.8 Å². The molecule has 0 saturated carbocycles. The Labute approximate surface area is 109 Å². The summed E-state index contributed by atoms with van der Waals surface area (Å²) in [6, 6.07) is 8.08. The van der Waals surface area contributed by atoms with Crippen molar-refractivity contribution in [3.8, 4) is 11.3 Å². The van der Waals surface area contributed by atoms with Crippen molar-refractivity contribution in [2.45, 2.75) is 6.54 Å². The fourth-order valence-corrected chi connectivity index (χ4v) is 2.17. The summed E-state index contributed by atoms with van der Waals surface area (Å²) in [5, 5.41) is 6.83. The molecule has 0 radical (unpaired) electrons. The van der Waals surface area contributed by atoms with Crippen molar-refractivity contribution in [3.63, 3.8) is 0 Å². The van der Waals surface area contributed by atoms with Crippen molar-refractivity contribution in [2.24, 2.45) is 0 Å². The van der Waals surface area contributed by atoms with E-state index in [-0.39, 0.29) is 0 Å². The van der Waals surface area contributed by atoms with Gasteiger partial charge in [0, 0.05) is 22.6 Å². The average molecular weight is 295 g/mol. The number of H-pyrrole nitrogens is 1. The number of hydrogen-bond acceptors (Lipinski definition) is 3. The summed E-state index contributed by atoms with van der Waals surface area (Å²) in [6.07, 6.45) is 0. The van der Waals surface area contributed by atoms with Crippen LogP contribution in [0.2, 0.25) is 0 Å². The Bertz CT molecular complexity index is 519. The number of halogens is 1. The zero-order valence-electron chi connectivity index (χ0n) is 9.87. The summed E-state index contributed by atoms with van der Waals surface area (Å²) in [5.41, 5.74) is 8.85. The molecule has 2 rings (SSSR count). The monoisotopic (exact) mass is 294 g/mol. The van der Waals surface area contributed by atoms with Gasteiger partial charge in [0.2, 0.25) is 0 Å². The van der Waals surface area contributed by atoms with Crippen LogP contribution in [0, 0.1) is 0 Å². The SMILES string of the molecule is CN(C)Cc1ccc(-c2cc(N)n[nH]2)cc1Br. The van der Waals surface area contributed by atoms with Crippen LogP contribution in [0.3, 0.4) is 0 Å². The lowest BCUT2D eigenvalue weighted by molar-refractivity contribution is 0.401. The van der Waals surface area contributed by atoms with Crippen LogP contribution in [0.1, 0.15) is 5.56 Å². The molecule has 0 saturated heterocycles. The first-order chi connectivity index (χ1) is 8.06. The summed E-state index contributed by atoms with van der Waals surface area (Å²) in [7, 11) is 4.10. The second-order valence-corrected chi connectivity index (χ2v) is 5.10. The predicted molar refractivity (Wildman–Crippen MR) is 73.5 cm³/mol. The highest BCUT2D eigenvalue weighted by Crippen LogP contribution is 2.26.